The maximum Gasteiger partial charge on any atom is 0.310 e. The first-order chi connectivity index (χ1) is 12.1. The lowest BCUT2D eigenvalue weighted by molar-refractivity contribution is -0.134. The number of benzene rings is 2. The molecule has 0 saturated heterocycles. The zero-order valence-corrected chi connectivity index (χ0v) is 14.9. The molecule has 3 rings (SSSR count). The van der Waals surface area contributed by atoms with Crippen molar-refractivity contribution in [2.24, 2.45) is 0 Å². The van der Waals surface area contributed by atoms with E-state index in [1.165, 1.54) is 0 Å². The van der Waals surface area contributed by atoms with Crippen LogP contribution in [0.5, 0.6) is 5.75 Å². The Hall–Kier alpha value is -2.65. The summed E-state index contributed by atoms with van der Waals surface area (Å²) < 4.78 is 5.35. The number of hydrogen-bond donors (Lipinski definition) is 0. The van der Waals surface area contributed by atoms with Crippen molar-refractivity contribution in [3.8, 4) is 5.75 Å². The summed E-state index contributed by atoms with van der Waals surface area (Å²) in [4.78, 5) is 16.1. The number of aromatic nitrogens is 1. The molecule has 2 aromatic carbocycles. The van der Waals surface area contributed by atoms with E-state index in [1.807, 2.05) is 61.5 Å². The Morgan fingerprint density at radius 2 is 1.96 bits per heavy atom. The summed E-state index contributed by atoms with van der Waals surface area (Å²) in [6.07, 6.45) is 4.26. The van der Waals surface area contributed by atoms with Crippen LogP contribution in [0.4, 0.5) is 0 Å². The molecule has 1 aromatic heterocycles. The molecule has 0 saturated carbocycles. The minimum absolute atomic E-state index is 0.239. The van der Waals surface area contributed by atoms with Gasteiger partial charge in [0.15, 0.2) is 0 Å². The third kappa shape index (κ3) is 4.06. The second kappa shape index (κ2) is 7.49. The highest BCUT2D eigenvalue weighted by atomic mass is 35.5. The monoisotopic (exact) mass is 351 g/mol. The molecule has 0 amide bonds. The first kappa shape index (κ1) is 17.2. The van der Waals surface area contributed by atoms with Gasteiger partial charge in [-0.05, 0) is 48.4 Å². The van der Waals surface area contributed by atoms with E-state index < -0.39 is 0 Å². The lowest BCUT2D eigenvalue weighted by Crippen LogP contribution is -2.06. The number of fused-ring (bicyclic) bond motifs is 1. The molecule has 1 heterocycles. The maximum absolute atomic E-state index is 11.5. The van der Waals surface area contributed by atoms with Crippen LogP contribution >= 0.6 is 11.6 Å². The normalized spacial score (nSPS) is 11.2. The predicted octanol–water partition coefficient (Wildman–Crippen LogP) is 5.68. The van der Waals surface area contributed by atoms with E-state index in [-0.39, 0.29) is 5.97 Å². The van der Waals surface area contributed by atoms with Gasteiger partial charge in [0, 0.05) is 16.8 Å². The minimum atomic E-state index is -0.239. The van der Waals surface area contributed by atoms with Crippen molar-refractivity contribution >= 4 is 40.6 Å². The van der Waals surface area contributed by atoms with Crippen molar-refractivity contribution in [3.05, 3.63) is 70.4 Å². The van der Waals surface area contributed by atoms with Gasteiger partial charge in [-0.2, -0.15) is 0 Å². The summed E-state index contributed by atoms with van der Waals surface area (Å²) in [7, 11) is 0. The molecule has 0 N–H and O–H groups in total. The van der Waals surface area contributed by atoms with Crippen LogP contribution < -0.4 is 4.74 Å². The number of carbonyl (C=O) groups is 1. The highest BCUT2D eigenvalue weighted by molar-refractivity contribution is 6.31. The number of ether oxygens (including phenoxy) is 1. The first-order valence-corrected chi connectivity index (χ1v) is 8.49. The summed E-state index contributed by atoms with van der Waals surface area (Å²) in [6.45, 7) is 3.71. The molecule has 0 aliphatic carbocycles. The van der Waals surface area contributed by atoms with Crippen molar-refractivity contribution in [2.45, 2.75) is 20.3 Å². The number of hydrogen-bond acceptors (Lipinski definition) is 3. The van der Waals surface area contributed by atoms with E-state index in [0.717, 1.165) is 27.7 Å². The SMILES string of the molecule is CCC(=O)Oc1cccc(C=Cc2ccc3ccc(Cl)cc3n2)c1C. The zero-order chi connectivity index (χ0) is 17.8. The maximum atomic E-state index is 11.5. The van der Waals surface area contributed by atoms with Gasteiger partial charge in [-0.25, -0.2) is 4.98 Å². The highest BCUT2D eigenvalue weighted by Crippen LogP contribution is 2.24. The van der Waals surface area contributed by atoms with Gasteiger partial charge in [0.25, 0.3) is 0 Å². The predicted molar refractivity (Wildman–Crippen MR) is 103 cm³/mol. The van der Waals surface area contributed by atoms with E-state index in [9.17, 15) is 4.79 Å². The van der Waals surface area contributed by atoms with E-state index in [2.05, 4.69) is 4.98 Å². The van der Waals surface area contributed by atoms with Crippen molar-refractivity contribution in [1.82, 2.24) is 4.98 Å². The topological polar surface area (TPSA) is 39.2 Å². The average Bonchev–Trinajstić information content (AvgIpc) is 2.61. The Kier molecular flexibility index (Phi) is 5.15. The Labute approximate surface area is 151 Å². The number of esters is 1. The lowest BCUT2D eigenvalue weighted by atomic mass is 10.1. The Bertz CT molecular complexity index is 963. The first-order valence-electron chi connectivity index (χ1n) is 8.11. The molecule has 0 aliphatic heterocycles. The quantitative estimate of drug-likeness (QED) is 0.448. The van der Waals surface area contributed by atoms with Crippen LogP contribution in [0.25, 0.3) is 23.1 Å². The third-order valence-electron chi connectivity index (χ3n) is 3.95. The second-order valence-electron chi connectivity index (χ2n) is 5.70. The minimum Gasteiger partial charge on any atom is -0.426 e. The molecule has 0 atom stereocenters. The fourth-order valence-electron chi connectivity index (χ4n) is 2.49. The van der Waals surface area contributed by atoms with E-state index in [1.54, 1.807) is 13.0 Å². The van der Waals surface area contributed by atoms with Crippen molar-refractivity contribution in [1.29, 1.82) is 0 Å². The van der Waals surface area contributed by atoms with Gasteiger partial charge in [-0.15, -0.1) is 0 Å². The largest absolute Gasteiger partial charge is 0.426 e. The van der Waals surface area contributed by atoms with Gasteiger partial charge < -0.3 is 4.74 Å². The smallest absolute Gasteiger partial charge is 0.310 e. The second-order valence-corrected chi connectivity index (χ2v) is 6.14. The molecule has 0 aliphatic rings. The fourth-order valence-corrected chi connectivity index (χ4v) is 2.66. The Morgan fingerprint density at radius 3 is 2.76 bits per heavy atom. The number of nitrogens with zero attached hydrogens (tertiary/aromatic N) is 1. The average molecular weight is 352 g/mol. The molecule has 126 valence electrons. The molecule has 0 radical (unpaired) electrons. The van der Waals surface area contributed by atoms with Crippen LogP contribution in [0, 0.1) is 6.92 Å². The molecule has 25 heavy (non-hydrogen) atoms. The van der Waals surface area contributed by atoms with E-state index in [4.69, 9.17) is 16.3 Å². The molecule has 3 nitrogen and oxygen atoms in total. The zero-order valence-electron chi connectivity index (χ0n) is 14.1. The number of halogens is 1. The third-order valence-corrected chi connectivity index (χ3v) is 4.18. The van der Waals surface area contributed by atoms with Gasteiger partial charge in [0.05, 0.1) is 11.2 Å². The van der Waals surface area contributed by atoms with Crippen LogP contribution in [-0.2, 0) is 4.79 Å². The molecule has 4 heteroatoms. The molecule has 0 spiro atoms. The molecule has 0 bridgehead atoms. The van der Waals surface area contributed by atoms with Gasteiger partial charge >= 0.3 is 5.97 Å². The summed E-state index contributed by atoms with van der Waals surface area (Å²) in [5, 5.41) is 1.72. The van der Waals surface area contributed by atoms with E-state index in [0.29, 0.717) is 17.2 Å². The van der Waals surface area contributed by atoms with Crippen LogP contribution in [0.2, 0.25) is 5.02 Å². The van der Waals surface area contributed by atoms with Crippen LogP contribution in [0.1, 0.15) is 30.2 Å². The summed E-state index contributed by atoms with van der Waals surface area (Å²) in [5.41, 5.74) is 3.60. The van der Waals surface area contributed by atoms with E-state index >= 15 is 0 Å². The lowest BCUT2D eigenvalue weighted by Gasteiger charge is -2.08. The van der Waals surface area contributed by atoms with Crippen LogP contribution in [0.3, 0.4) is 0 Å². The summed E-state index contributed by atoms with van der Waals surface area (Å²) >= 11 is 6.04. The summed E-state index contributed by atoms with van der Waals surface area (Å²) in [5.74, 6) is 0.351. The molecule has 3 aromatic rings. The van der Waals surface area contributed by atoms with Crippen molar-refractivity contribution < 1.29 is 9.53 Å². The van der Waals surface area contributed by atoms with Crippen molar-refractivity contribution in [2.75, 3.05) is 0 Å². The van der Waals surface area contributed by atoms with Crippen LogP contribution in [-0.4, -0.2) is 11.0 Å². The summed E-state index contributed by atoms with van der Waals surface area (Å²) in [6, 6.07) is 15.3. The molecule has 0 unspecified atom stereocenters. The van der Waals surface area contributed by atoms with Crippen molar-refractivity contribution in [3.63, 3.8) is 0 Å². The molecular formula is C21H18ClNO2. The Balaban J connectivity index is 1.89. The van der Waals surface area contributed by atoms with Gasteiger partial charge in [0.2, 0.25) is 0 Å². The van der Waals surface area contributed by atoms with Gasteiger partial charge in [0.1, 0.15) is 5.75 Å². The standard InChI is InChI=1S/C21H18ClNO2/c1-3-21(24)25-20-6-4-5-15(14(20)2)8-11-18-12-9-16-7-10-17(22)13-19(16)23-18/h4-13H,3H2,1-2H3. The van der Waals surface area contributed by atoms with Gasteiger partial charge in [-0.1, -0.05) is 48.9 Å². The molecule has 0 fully saturated rings. The number of rotatable bonds is 4. The fraction of sp³-hybridized carbons (Fsp3) is 0.143. The number of carbonyl (C=O) groups excluding carboxylic acids is 1. The molecular weight excluding hydrogens is 334 g/mol. The van der Waals surface area contributed by atoms with Crippen LogP contribution in [0.15, 0.2) is 48.5 Å². The van der Waals surface area contributed by atoms with Gasteiger partial charge in [-0.3, -0.25) is 4.79 Å². The Morgan fingerprint density at radius 1 is 1.16 bits per heavy atom. The highest BCUT2D eigenvalue weighted by Gasteiger charge is 2.07. The number of pyridine rings is 1.